The minimum absolute atomic E-state index is 0.121. The zero-order valence-electron chi connectivity index (χ0n) is 15.4. The molecule has 1 N–H and O–H groups in total. The normalized spacial score (nSPS) is 14.1. The molecule has 28 heavy (non-hydrogen) atoms. The number of aromatic nitrogens is 2. The highest BCUT2D eigenvalue weighted by atomic mass is 32.2. The van der Waals surface area contributed by atoms with Crippen LogP contribution in [0.15, 0.2) is 29.3 Å². The van der Waals surface area contributed by atoms with Gasteiger partial charge in [0.25, 0.3) is 5.69 Å². The Labute approximate surface area is 169 Å². The zero-order chi connectivity index (χ0) is 19.8. The van der Waals surface area contributed by atoms with Crippen LogP contribution in [0.5, 0.6) is 0 Å². The van der Waals surface area contributed by atoms with Crippen LogP contribution >= 0.6 is 23.1 Å². The van der Waals surface area contributed by atoms with Gasteiger partial charge < -0.3 is 5.32 Å². The Morgan fingerprint density at radius 3 is 2.89 bits per heavy atom. The van der Waals surface area contributed by atoms with E-state index in [4.69, 9.17) is 0 Å². The first kappa shape index (κ1) is 18.8. The average molecular weight is 415 g/mol. The van der Waals surface area contributed by atoms with Gasteiger partial charge in [0.15, 0.2) is 0 Å². The number of thiophene rings is 1. The predicted molar refractivity (Wildman–Crippen MR) is 111 cm³/mol. The highest BCUT2D eigenvalue weighted by Gasteiger charge is 2.25. The van der Waals surface area contributed by atoms with Crippen molar-refractivity contribution < 1.29 is 9.72 Å². The first-order valence-electron chi connectivity index (χ1n) is 8.94. The zero-order valence-corrected chi connectivity index (χ0v) is 17.0. The number of fused-ring (bicyclic) bond motifs is 3. The molecule has 0 bridgehead atoms. The molecule has 0 spiro atoms. The molecule has 2 heterocycles. The summed E-state index contributed by atoms with van der Waals surface area (Å²) in [5.74, 6) is 0.386. The van der Waals surface area contributed by atoms with Crippen LogP contribution in [0.4, 0.5) is 11.4 Å². The minimum atomic E-state index is -0.501. The number of para-hydroxylation sites is 2. The lowest BCUT2D eigenvalue weighted by Gasteiger charge is -2.13. The number of anilines is 1. The Bertz CT molecular complexity index is 1100. The van der Waals surface area contributed by atoms with Crippen LogP contribution in [0, 0.1) is 17.0 Å². The molecule has 1 aromatic carbocycles. The number of hydrogen-bond donors (Lipinski definition) is 1. The molecule has 1 aliphatic carbocycles. The summed E-state index contributed by atoms with van der Waals surface area (Å²) in [6.45, 7) is 3.64. The Hall–Kier alpha value is -2.52. The molecule has 4 rings (SSSR count). The summed E-state index contributed by atoms with van der Waals surface area (Å²) in [7, 11) is 0. The molecule has 0 saturated heterocycles. The number of amides is 1. The SMILES string of the molecule is Cc1nc(S[C@H](C)C(=O)Nc2ccccc2[N+](=O)[O-])c2c3c(sc2n1)CCC3. The van der Waals surface area contributed by atoms with E-state index in [9.17, 15) is 14.9 Å². The Morgan fingerprint density at radius 1 is 1.32 bits per heavy atom. The third kappa shape index (κ3) is 3.47. The van der Waals surface area contributed by atoms with Crippen molar-refractivity contribution in [3.05, 3.63) is 50.6 Å². The van der Waals surface area contributed by atoms with Gasteiger partial charge in [-0.15, -0.1) is 11.3 Å². The maximum Gasteiger partial charge on any atom is 0.292 e. The van der Waals surface area contributed by atoms with Crippen LogP contribution < -0.4 is 5.32 Å². The minimum Gasteiger partial charge on any atom is -0.319 e. The first-order chi connectivity index (χ1) is 13.4. The summed E-state index contributed by atoms with van der Waals surface area (Å²) < 4.78 is 0. The fourth-order valence-electron chi connectivity index (χ4n) is 3.34. The summed E-state index contributed by atoms with van der Waals surface area (Å²) in [5, 5.41) is 15.3. The van der Waals surface area contributed by atoms with Crippen LogP contribution in [-0.4, -0.2) is 26.0 Å². The van der Waals surface area contributed by atoms with Crippen LogP contribution in [0.25, 0.3) is 10.2 Å². The van der Waals surface area contributed by atoms with E-state index >= 15 is 0 Å². The van der Waals surface area contributed by atoms with E-state index in [-0.39, 0.29) is 17.3 Å². The van der Waals surface area contributed by atoms with Crippen molar-refractivity contribution in [3.8, 4) is 0 Å². The van der Waals surface area contributed by atoms with Crippen LogP contribution in [0.1, 0.15) is 29.6 Å². The predicted octanol–water partition coefficient (Wildman–Crippen LogP) is 4.52. The highest BCUT2D eigenvalue weighted by molar-refractivity contribution is 8.00. The van der Waals surface area contributed by atoms with E-state index in [1.54, 1.807) is 30.4 Å². The number of aryl methyl sites for hydroxylation is 3. The van der Waals surface area contributed by atoms with Gasteiger partial charge in [-0.3, -0.25) is 14.9 Å². The van der Waals surface area contributed by atoms with Gasteiger partial charge in [-0.1, -0.05) is 23.9 Å². The summed E-state index contributed by atoms with van der Waals surface area (Å²) in [6, 6.07) is 6.14. The van der Waals surface area contributed by atoms with E-state index in [1.807, 2.05) is 6.92 Å². The summed E-state index contributed by atoms with van der Waals surface area (Å²) in [6.07, 6.45) is 3.24. The molecule has 3 aromatic rings. The van der Waals surface area contributed by atoms with Crippen molar-refractivity contribution in [2.24, 2.45) is 0 Å². The van der Waals surface area contributed by atoms with Gasteiger partial charge in [0.2, 0.25) is 5.91 Å². The largest absolute Gasteiger partial charge is 0.319 e. The lowest BCUT2D eigenvalue weighted by atomic mass is 10.2. The number of thioether (sulfide) groups is 1. The molecule has 2 aromatic heterocycles. The molecule has 0 unspecified atom stereocenters. The summed E-state index contributed by atoms with van der Waals surface area (Å²) in [5.41, 5.74) is 1.39. The van der Waals surface area contributed by atoms with Crippen molar-refractivity contribution >= 4 is 50.6 Å². The molecule has 144 valence electrons. The smallest absolute Gasteiger partial charge is 0.292 e. The number of nitrogens with one attached hydrogen (secondary N) is 1. The second-order valence-corrected chi connectivity index (χ2v) is 9.05. The lowest BCUT2D eigenvalue weighted by Crippen LogP contribution is -2.23. The van der Waals surface area contributed by atoms with E-state index < -0.39 is 10.2 Å². The maximum atomic E-state index is 12.7. The average Bonchev–Trinajstić information content (AvgIpc) is 3.22. The van der Waals surface area contributed by atoms with Crippen molar-refractivity contribution in [1.82, 2.24) is 9.97 Å². The summed E-state index contributed by atoms with van der Waals surface area (Å²) >= 11 is 3.09. The van der Waals surface area contributed by atoms with Gasteiger partial charge in [0, 0.05) is 16.3 Å². The van der Waals surface area contributed by atoms with Crippen molar-refractivity contribution in [1.29, 1.82) is 0 Å². The Morgan fingerprint density at radius 2 is 2.11 bits per heavy atom. The van der Waals surface area contributed by atoms with Crippen LogP contribution in [0.2, 0.25) is 0 Å². The Kier molecular flexibility index (Phi) is 5.03. The van der Waals surface area contributed by atoms with Crippen molar-refractivity contribution in [2.45, 2.75) is 43.4 Å². The number of hydrogen-bond acceptors (Lipinski definition) is 7. The quantitative estimate of drug-likeness (QED) is 0.285. The van der Waals surface area contributed by atoms with E-state index in [0.717, 1.165) is 34.5 Å². The molecule has 0 fully saturated rings. The fourth-order valence-corrected chi connectivity index (χ4v) is 5.74. The number of rotatable bonds is 5. The van der Waals surface area contributed by atoms with E-state index in [0.29, 0.717) is 5.82 Å². The second-order valence-electron chi connectivity index (χ2n) is 6.64. The number of nitro groups is 1. The van der Waals surface area contributed by atoms with E-state index in [2.05, 4.69) is 15.3 Å². The standard InChI is InChI=1S/C19H18N4O3S2/c1-10(17(24)22-13-7-3-4-8-14(13)23(25)26)27-18-16-12-6-5-9-15(12)28-19(16)21-11(2)20-18/h3-4,7-8,10H,5-6,9H2,1-2H3,(H,22,24)/t10-/m1/s1. The van der Waals surface area contributed by atoms with E-state index in [1.165, 1.54) is 34.3 Å². The number of benzene rings is 1. The molecule has 1 atom stereocenters. The van der Waals surface area contributed by atoms with Crippen molar-refractivity contribution in [3.63, 3.8) is 0 Å². The van der Waals surface area contributed by atoms with Crippen molar-refractivity contribution in [2.75, 3.05) is 5.32 Å². The number of nitro benzene ring substituents is 1. The number of nitrogens with zero attached hydrogens (tertiary/aromatic N) is 3. The molecule has 0 aliphatic heterocycles. The first-order valence-corrected chi connectivity index (χ1v) is 10.6. The van der Waals surface area contributed by atoms with Gasteiger partial charge in [-0.25, -0.2) is 9.97 Å². The third-order valence-corrected chi connectivity index (χ3v) is 6.93. The topological polar surface area (TPSA) is 98.0 Å². The lowest BCUT2D eigenvalue weighted by molar-refractivity contribution is -0.383. The number of carbonyl (C=O) groups excluding carboxylic acids is 1. The molecule has 9 heteroatoms. The van der Waals surface area contributed by atoms with Gasteiger partial charge in [0.05, 0.1) is 10.2 Å². The van der Waals surface area contributed by atoms with Gasteiger partial charge in [-0.05, 0) is 44.7 Å². The second kappa shape index (κ2) is 7.48. The number of carbonyl (C=O) groups is 1. The van der Waals surface area contributed by atoms with Crippen LogP contribution in [0.3, 0.4) is 0 Å². The molecular formula is C19H18N4O3S2. The molecule has 7 nitrogen and oxygen atoms in total. The molecule has 0 saturated carbocycles. The van der Waals surface area contributed by atoms with Crippen LogP contribution in [-0.2, 0) is 17.6 Å². The molecule has 0 radical (unpaired) electrons. The fraction of sp³-hybridized carbons (Fsp3) is 0.316. The monoisotopic (exact) mass is 414 g/mol. The molecule has 1 amide bonds. The third-order valence-electron chi connectivity index (χ3n) is 4.66. The maximum absolute atomic E-state index is 12.7. The van der Waals surface area contributed by atoms with Gasteiger partial charge in [0.1, 0.15) is 21.4 Å². The summed E-state index contributed by atoms with van der Waals surface area (Å²) in [4.78, 5) is 34.9. The van der Waals surface area contributed by atoms with Gasteiger partial charge >= 0.3 is 0 Å². The Balaban J connectivity index is 1.60. The van der Waals surface area contributed by atoms with Gasteiger partial charge in [-0.2, -0.15) is 0 Å². The highest BCUT2D eigenvalue weighted by Crippen LogP contribution is 2.41. The molecule has 1 aliphatic rings. The molecular weight excluding hydrogens is 396 g/mol.